The topological polar surface area (TPSA) is 66.9 Å². The number of ketones is 1. The molecular formula is C22H19NO4. The van der Waals surface area contributed by atoms with Crippen molar-refractivity contribution in [2.45, 2.75) is 19.4 Å². The first kappa shape index (κ1) is 16.1. The molecule has 5 nitrogen and oxygen atoms in total. The number of carbonyl (C=O) groups is 1. The molecule has 1 saturated heterocycles. The summed E-state index contributed by atoms with van der Waals surface area (Å²) in [6, 6.07) is 12.6. The van der Waals surface area contributed by atoms with E-state index >= 15 is 0 Å². The first-order chi connectivity index (χ1) is 13.2. The fourth-order valence-corrected chi connectivity index (χ4v) is 3.96. The number of furan rings is 1. The lowest BCUT2D eigenvalue weighted by Crippen LogP contribution is -3.08. The number of rotatable bonds is 3. The Morgan fingerprint density at radius 2 is 1.93 bits per heavy atom. The quantitative estimate of drug-likeness (QED) is 0.727. The minimum Gasteiger partial charge on any atom is -0.872 e. The lowest BCUT2D eigenvalue weighted by molar-refractivity contribution is -0.901. The molecule has 1 N–H and O–H groups in total. The lowest BCUT2D eigenvalue weighted by atomic mass is 10.0. The highest BCUT2D eigenvalue weighted by Gasteiger charge is 2.31. The molecular weight excluding hydrogens is 342 g/mol. The molecule has 2 aliphatic rings. The molecule has 5 heteroatoms. The van der Waals surface area contributed by atoms with Crippen LogP contribution >= 0.6 is 0 Å². The fourth-order valence-electron chi connectivity index (χ4n) is 3.96. The first-order valence-corrected chi connectivity index (χ1v) is 9.28. The number of para-hydroxylation sites is 1. The maximum Gasteiger partial charge on any atom is 0.232 e. The Morgan fingerprint density at radius 1 is 1.11 bits per heavy atom. The zero-order chi connectivity index (χ0) is 18.4. The number of Topliss-reactive ketones (excluding diaryl/α,β-unsaturated/α-hetero) is 1. The van der Waals surface area contributed by atoms with Crippen LogP contribution in [0, 0.1) is 0 Å². The molecule has 2 aromatic carbocycles. The monoisotopic (exact) mass is 361 g/mol. The van der Waals surface area contributed by atoms with Gasteiger partial charge in [0, 0.05) is 29.9 Å². The zero-order valence-corrected chi connectivity index (χ0v) is 14.8. The van der Waals surface area contributed by atoms with Crippen LogP contribution in [0.25, 0.3) is 17.0 Å². The van der Waals surface area contributed by atoms with Gasteiger partial charge in [0.1, 0.15) is 23.6 Å². The van der Waals surface area contributed by atoms with Gasteiger partial charge in [-0.3, -0.25) is 4.79 Å². The highest BCUT2D eigenvalue weighted by atomic mass is 16.5. The summed E-state index contributed by atoms with van der Waals surface area (Å²) in [6.07, 6.45) is 3.96. The van der Waals surface area contributed by atoms with Crippen molar-refractivity contribution >= 4 is 22.8 Å². The van der Waals surface area contributed by atoms with Crippen LogP contribution in [0.1, 0.15) is 34.5 Å². The maximum atomic E-state index is 12.8. The van der Waals surface area contributed by atoms with E-state index in [0.29, 0.717) is 29.2 Å². The van der Waals surface area contributed by atoms with Gasteiger partial charge in [0.25, 0.3) is 0 Å². The van der Waals surface area contributed by atoms with Crippen molar-refractivity contribution in [3.8, 4) is 11.5 Å². The van der Waals surface area contributed by atoms with Gasteiger partial charge in [0.2, 0.25) is 5.78 Å². The third-order valence-corrected chi connectivity index (χ3v) is 5.35. The molecule has 0 aliphatic carbocycles. The summed E-state index contributed by atoms with van der Waals surface area (Å²) in [5.74, 6) is 0.914. The molecule has 27 heavy (non-hydrogen) atoms. The van der Waals surface area contributed by atoms with Gasteiger partial charge in [0.05, 0.1) is 18.7 Å². The number of likely N-dealkylation sites (tertiary alicyclic amines) is 1. The van der Waals surface area contributed by atoms with Crippen molar-refractivity contribution in [3.63, 3.8) is 0 Å². The van der Waals surface area contributed by atoms with Gasteiger partial charge < -0.3 is 19.2 Å². The van der Waals surface area contributed by atoms with Crippen LogP contribution in [0.15, 0.2) is 52.6 Å². The Labute approximate surface area is 156 Å². The Hall–Kier alpha value is -3.05. The Kier molecular flexibility index (Phi) is 3.76. The number of hydrogen-bond donors (Lipinski definition) is 1. The van der Waals surface area contributed by atoms with E-state index in [1.165, 1.54) is 23.8 Å². The minimum atomic E-state index is -0.205. The van der Waals surface area contributed by atoms with E-state index in [1.54, 1.807) is 12.1 Å². The molecule has 0 saturated carbocycles. The van der Waals surface area contributed by atoms with Gasteiger partial charge in [0.15, 0.2) is 5.76 Å². The molecule has 0 unspecified atom stereocenters. The highest BCUT2D eigenvalue weighted by Crippen LogP contribution is 2.38. The molecule has 1 fully saturated rings. The van der Waals surface area contributed by atoms with Crippen LogP contribution in [-0.2, 0) is 6.54 Å². The van der Waals surface area contributed by atoms with Gasteiger partial charge in [-0.15, -0.1) is 0 Å². The van der Waals surface area contributed by atoms with Crippen LogP contribution in [0.5, 0.6) is 11.5 Å². The second-order valence-electron chi connectivity index (χ2n) is 7.18. The minimum absolute atomic E-state index is 0.0639. The number of fused-ring (bicyclic) bond motifs is 2. The normalized spacial score (nSPS) is 18.4. The van der Waals surface area contributed by atoms with E-state index in [9.17, 15) is 9.90 Å². The standard InChI is InChI=1S/C22H19NO4/c24-18-8-7-16-21(25)20(12-15-11-14-5-1-2-6-19(14)26-15)27-22(16)17(18)13-23-9-3-4-10-23/h1-2,5-8,11-12,24H,3-4,9-10,13H2. The van der Waals surface area contributed by atoms with Crippen molar-refractivity contribution < 1.29 is 24.0 Å². The van der Waals surface area contributed by atoms with E-state index in [0.717, 1.165) is 24.1 Å². The Balaban J connectivity index is 1.50. The highest BCUT2D eigenvalue weighted by molar-refractivity contribution is 6.14. The first-order valence-electron chi connectivity index (χ1n) is 9.28. The molecule has 0 spiro atoms. The molecule has 3 aromatic rings. The SMILES string of the molecule is O=C1C(=Cc2cc3ccccc3o2)Oc2c1ccc([O-])c2C[NH+]1CCCC1. The van der Waals surface area contributed by atoms with Gasteiger partial charge in [-0.25, -0.2) is 0 Å². The summed E-state index contributed by atoms with van der Waals surface area (Å²) in [5.41, 5.74) is 1.82. The van der Waals surface area contributed by atoms with Crippen LogP contribution < -0.4 is 14.7 Å². The van der Waals surface area contributed by atoms with E-state index in [4.69, 9.17) is 9.15 Å². The van der Waals surface area contributed by atoms with Crippen LogP contribution in [0.2, 0.25) is 0 Å². The molecule has 5 rings (SSSR count). The average Bonchev–Trinajstić information content (AvgIpc) is 3.38. The fraction of sp³-hybridized carbons (Fsp3) is 0.227. The van der Waals surface area contributed by atoms with E-state index in [2.05, 4.69) is 0 Å². The van der Waals surface area contributed by atoms with Crippen LogP contribution in [0.3, 0.4) is 0 Å². The second kappa shape index (κ2) is 6.28. The van der Waals surface area contributed by atoms with E-state index in [1.807, 2.05) is 30.3 Å². The molecule has 3 heterocycles. The zero-order valence-electron chi connectivity index (χ0n) is 14.8. The summed E-state index contributed by atoms with van der Waals surface area (Å²) in [6.45, 7) is 2.71. The Bertz CT molecular complexity index is 1040. The summed E-state index contributed by atoms with van der Waals surface area (Å²) in [4.78, 5) is 14.1. The van der Waals surface area contributed by atoms with Crippen molar-refractivity contribution in [2.75, 3.05) is 13.1 Å². The van der Waals surface area contributed by atoms with Gasteiger partial charge in [-0.05, 0) is 18.2 Å². The number of hydrogen-bond acceptors (Lipinski definition) is 4. The van der Waals surface area contributed by atoms with Crippen LogP contribution in [-0.4, -0.2) is 18.9 Å². The molecule has 0 bridgehead atoms. The van der Waals surface area contributed by atoms with Crippen molar-refractivity contribution in [1.29, 1.82) is 0 Å². The second-order valence-corrected chi connectivity index (χ2v) is 7.18. The summed E-state index contributed by atoms with van der Waals surface area (Å²) in [7, 11) is 0. The third kappa shape index (κ3) is 2.80. The van der Waals surface area contributed by atoms with Gasteiger partial charge >= 0.3 is 0 Å². The van der Waals surface area contributed by atoms with Crippen molar-refractivity contribution in [2.24, 2.45) is 0 Å². The Morgan fingerprint density at radius 3 is 2.74 bits per heavy atom. The van der Waals surface area contributed by atoms with E-state index in [-0.39, 0.29) is 17.3 Å². The number of benzene rings is 2. The maximum absolute atomic E-state index is 12.8. The number of nitrogens with one attached hydrogen (secondary N) is 1. The summed E-state index contributed by atoms with van der Waals surface area (Å²) in [5, 5.41) is 13.4. The molecule has 1 aromatic heterocycles. The van der Waals surface area contributed by atoms with Gasteiger partial charge in [-0.2, -0.15) is 0 Å². The van der Waals surface area contributed by atoms with E-state index < -0.39 is 0 Å². The van der Waals surface area contributed by atoms with Crippen LogP contribution in [0.4, 0.5) is 0 Å². The van der Waals surface area contributed by atoms with Gasteiger partial charge in [-0.1, -0.05) is 30.0 Å². The predicted octanol–water partition coefficient (Wildman–Crippen LogP) is 2.30. The third-order valence-electron chi connectivity index (χ3n) is 5.35. The number of allylic oxidation sites excluding steroid dienone is 1. The predicted molar refractivity (Wildman–Crippen MR) is 98.7 cm³/mol. The molecule has 2 aliphatic heterocycles. The summed E-state index contributed by atoms with van der Waals surface area (Å²) >= 11 is 0. The molecule has 0 amide bonds. The smallest absolute Gasteiger partial charge is 0.232 e. The largest absolute Gasteiger partial charge is 0.872 e. The number of ether oxygens (including phenoxy) is 1. The summed E-state index contributed by atoms with van der Waals surface area (Å²) < 4.78 is 11.6. The number of quaternary nitrogens is 1. The lowest BCUT2D eigenvalue weighted by Gasteiger charge is -2.19. The molecule has 0 radical (unpaired) electrons. The van der Waals surface area contributed by atoms with Crippen molar-refractivity contribution in [1.82, 2.24) is 0 Å². The van der Waals surface area contributed by atoms with Crippen molar-refractivity contribution in [3.05, 3.63) is 65.1 Å². The number of carbonyl (C=O) groups excluding carboxylic acids is 1. The average molecular weight is 361 g/mol. The molecule has 0 atom stereocenters. The molecule has 136 valence electrons.